The summed E-state index contributed by atoms with van der Waals surface area (Å²) < 4.78 is 6.94. The van der Waals surface area contributed by atoms with Crippen molar-refractivity contribution in [2.24, 2.45) is 0 Å². The van der Waals surface area contributed by atoms with Crippen molar-refractivity contribution in [1.82, 2.24) is 4.98 Å². The van der Waals surface area contributed by atoms with Crippen LogP contribution in [0.2, 0.25) is 0 Å². The Kier molecular flexibility index (Phi) is 4.13. The summed E-state index contributed by atoms with van der Waals surface area (Å²) in [6.07, 6.45) is 2.51. The molecular weight excluding hydrogens is 380 g/mol. The maximum Gasteiger partial charge on any atom is 0.344 e. The number of aryl methyl sites for hydroxylation is 2. The van der Waals surface area contributed by atoms with Crippen molar-refractivity contribution < 1.29 is 24.0 Å². The summed E-state index contributed by atoms with van der Waals surface area (Å²) in [5.41, 5.74) is 4.54. The van der Waals surface area contributed by atoms with E-state index in [1.807, 2.05) is 22.8 Å². The van der Waals surface area contributed by atoms with Crippen molar-refractivity contribution in [1.29, 1.82) is 0 Å². The van der Waals surface area contributed by atoms with Gasteiger partial charge in [-0.1, -0.05) is 30.3 Å². The molecule has 4 aromatic rings. The van der Waals surface area contributed by atoms with Gasteiger partial charge in [0.15, 0.2) is 12.7 Å². The van der Waals surface area contributed by atoms with E-state index in [1.165, 1.54) is 13.2 Å². The van der Waals surface area contributed by atoms with Crippen LogP contribution in [0.25, 0.3) is 22.3 Å². The fourth-order valence-electron chi connectivity index (χ4n) is 4.21. The van der Waals surface area contributed by atoms with Crippen molar-refractivity contribution in [2.45, 2.75) is 13.0 Å². The Labute approximate surface area is 172 Å². The lowest BCUT2D eigenvalue weighted by atomic mass is 9.95. The van der Waals surface area contributed by atoms with Gasteiger partial charge < -0.3 is 14.8 Å². The van der Waals surface area contributed by atoms with Crippen molar-refractivity contribution in [3.8, 4) is 17.1 Å². The maximum absolute atomic E-state index is 13.1. The number of carbonyl (C=O) groups excluding carboxylic acids is 2. The zero-order chi connectivity index (χ0) is 20.8. The number of phenols is 1. The SMILES string of the molecule is COC(=O)c1cc(C(=O)c2ccccc2O)c[n+]2c1-c1[nH]c3ccccc3c1CC2. The second-order valence-corrected chi connectivity index (χ2v) is 7.30. The molecule has 3 heterocycles. The molecule has 0 saturated heterocycles. The molecule has 0 saturated carbocycles. The highest BCUT2D eigenvalue weighted by Crippen LogP contribution is 2.34. The number of nitrogens with one attached hydrogen (secondary N) is 1. The van der Waals surface area contributed by atoms with Crippen LogP contribution in [-0.2, 0) is 17.7 Å². The van der Waals surface area contributed by atoms with Crippen LogP contribution in [0, 0.1) is 0 Å². The topological polar surface area (TPSA) is 83.3 Å². The number of ether oxygens (including phenoxy) is 1. The number of aromatic amines is 1. The van der Waals surface area contributed by atoms with Gasteiger partial charge in [0.2, 0.25) is 11.5 Å². The molecule has 0 unspecified atom stereocenters. The Balaban J connectivity index is 1.74. The van der Waals surface area contributed by atoms with E-state index in [1.54, 1.807) is 30.5 Å². The number of benzene rings is 2. The van der Waals surface area contributed by atoms with Crippen LogP contribution in [0.5, 0.6) is 5.75 Å². The van der Waals surface area contributed by atoms with Crippen LogP contribution in [0.1, 0.15) is 31.8 Å². The monoisotopic (exact) mass is 399 g/mol. The minimum atomic E-state index is -0.516. The Morgan fingerprint density at radius 1 is 1.07 bits per heavy atom. The highest BCUT2D eigenvalue weighted by Gasteiger charge is 2.34. The van der Waals surface area contributed by atoms with Gasteiger partial charge in [-0.25, -0.2) is 4.79 Å². The molecule has 2 N–H and O–H groups in total. The minimum absolute atomic E-state index is 0.0947. The number of pyridine rings is 1. The third kappa shape index (κ3) is 2.69. The zero-order valence-electron chi connectivity index (χ0n) is 16.3. The van der Waals surface area contributed by atoms with Gasteiger partial charge in [0.25, 0.3) is 0 Å². The summed E-state index contributed by atoms with van der Waals surface area (Å²) in [5.74, 6) is -0.962. The van der Waals surface area contributed by atoms with E-state index in [2.05, 4.69) is 11.1 Å². The number of hydrogen-bond acceptors (Lipinski definition) is 4. The molecule has 5 rings (SSSR count). The third-order valence-corrected chi connectivity index (χ3v) is 5.61. The molecule has 0 spiro atoms. The van der Waals surface area contributed by atoms with Gasteiger partial charge in [0, 0.05) is 17.3 Å². The number of H-pyrrole nitrogens is 1. The first kappa shape index (κ1) is 18.1. The number of rotatable bonds is 3. The summed E-state index contributed by atoms with van der Waals surface area (Å²) in [5, 5.41) is 11.2. The van der Waals surface area contributed by atoms with Crippen molar-refractivity contribution in [3.05, 3.63) is 83.0 Å². The summed E-state index contributed by atoms with van der Waals surface area (Å²) in [6, 6.07) is 16.0. The number of hydrogen-bond donors (Lipinski definition) is 2. The number of fused-ring (bicyclic) bond motifs is 5. The second kappa shape index (κ2) is 6.84. The van der Waals surface area contributed by atoms with Gasteiger partial charge in [-0.05, 0) is 29.8 Å². The molecule has 0 aliphatic carbocycles. The molecule has 1 aliphatic rings. The molecule has 2 aromatic heterocycles. The summed E-state index contributed by atoms with van der Waals surface area (Å²) in [4.78, 5) is 29.2. The minimum Gasteiger partial charge on any atom is -0.507 e. The van der Waals surface area contributed by atoms with E-state index in [-0.39, 0.29) is 17.1 Å². The number of nitrogens with zero attached hydrogens (tertiary/aromatic N) is 1. The smallest absolute Gasteiger partial charge is 0.344 e. The van der Waals surface area contributed by atoms with Crippen LogP contribution < -0.4 is 4.57 Å². The van der Waals surface area contributed by atoms with E-state index < -0.39 is 5.97 Å². The average molecular weight is 399 g/mol. The molecule has 30 heavy (non-hydrogen) atoms. The Morgan fingerprint density at radius 2 is 1.83 bits per heavy atom. The fraction of sp³-hybridized carbons (Fsp3) is 0.125. The molecule has 0 radical (unpaired) electrons. The summed E-state index contributed by atoms with van der Waals surface area (Å²) >= 11 is 0. The summed E-state index contributed by atoms with van der Waals surface area (Å²) in [7, 11) is 1.33. The molecule has 0 atom stereocenters. The number of aromatic hydroxyl groups is 1. The van der Waals surface area contributed by atoms with Gasteiger partial charge in [-0.2, -0.15) is 4.57 Å². The largest absolute Gasteiger partial charge is 0.507 e. The van der Waals surface area contributed by atoms with Crippen molar-refractivity contribution >= 4 is 22.7 Å². The number of methoxy groups -OCH3 is 1. The lowest BCUT2D eigenvalue weighted by Gasteiger charge is -2.15. The van der Waals surface area contributed by atoms with Crippen LogP contribution in [-0.4, -0.2) is 29.0 Å². The van der Waals surface area contributed by atoms with E-state index in [4.69, 9.17) is 4.74 Å². The first-order chi connectivity index (χ1) is 14.6. The Morgan fingerprint density at radius 3 is 2.63 bits per heavy atom. The average Bonchev–Trinajstić information content (AvgIpc) is 3.16. The lowest BCUT2D eigenvalue weighted by molar-refractivity contribution is -0.687. The molecule has 0 amide bonds. The van der Waals surface area contributed by atoms with Crippen LogP contribution in [0.15, 0.2) is 60.8 Å². The molecule has 2 aromatic carbocycles. The molecule has 6 nitrogen and oxygen atoms in total. The standard InChI is InChI=1S/C24H18N2O4/c1-30-24(29)18-12-14(23(28)17-7-3-5-9-20(17)27)13-26-11-10-16-15-6-2-4-8-19(15)25-21(16)22(18)26/h2-9,12-13H,10-11H2,1H3,(H,27,28)/p+1. The number of carbonyl (C=O) groups is 2. The first-order valence-electron chi connectivity index (χ1n) is 9.67. The summed E-state index contributed by atoms with van der Waals surface area (Å²) in [6.45, 7) is 0.621. The molecule has 0 bridgehead atoms. The fourth-order valence-corrected chi connectivity index (χ4v) is 4.21. The predicted octanol–water partition coefficient (Wildman–Crippen LogP) is 3.40. The van der Waals surface area contributed by atoms with Crippen LogP contribution >= 0.6 is 0 Å². The van der Waals surface area contributed by atoms with Gasteiger partial charge in [0.1, 0.15) is 17.0 Å². The Bertz CT molecular complexity index is 1340. The number of ketones is 1. The molecular formula is C24H19N2O4+. The number of phenolic OH excluding ortho intramolecular Hbond substituents is 1. The molecule has 6 heteroatoms. The van der Waals surface area contributed by atoms with Crippen molar-refractivity contribution in [2.75, 3.05) is 7.11 Å². The van der Waals surface area contributed by atoms with E-state index in [9.17, 15) is 14.7 Å². The van der Waals surface area contributed by atoms with Gasteiger partial charge >= 0.3 is 5.97 Å². The van der Waals surface area contributed by atoms with Crippen LogP contribution in [0.3, 0.4) is 0 Å². The second-order valence-electron chi connectivity index (χ2n) is 7.30. The van der Waals surface area contributed by atoms with Gasteiger partial charge in [-0.3, -0.25) is 4.79 Å². The number of para-hydroxylation sites is 2. The Hall–Kier alpha value is -3.93. The number of aromatic nitrogens is 2. The highest BCUT2D eigenvalue weighted by atomic mass is 16.5. The molecule has 148 valence electrons. The van der Waals surface area contributed by atoms with E-state index >= 15 is 0 Å². The highest BCUT2D eigenvalue weighted by molar-refractivity contribution is 6.11. The lowest BCUT2D eigenvalue weighted by Crippen LogP contribution is -2.42. The van der Waals surface area contributed by atoms with Crippen LogP contribution in [0.4, 0.5) is 0 Å². The van der Waals surface area contributed by atoms with E-state index in [0.29, 0.717) is 23.4 Å². The zero-order valence-corrected chi connectivity index (χ0v) is 16.3. The maximum atomic E-state index is 13.1. The van der Waals surface area contributed by atoms with Gasteiger partial charge in [-0.15, -0.1) is 0 Å². The van der Waals surface area contributed by atoms with E-state index in [0.717, 1.165) is 28.6 Å². The molecule has 0 fully saturated rings. The first-order valence-corrected chi connectivity index (χ1v) is 9.67. The normalized spacial score (nSPS) is 12.3. The number of esters is 1. The van der Waals surface area contributed by atoms with Crippen molar-refractivity contribution in [3.63, 3.8) is 0 Å². The quantitative estimate of drug-likeness (QED) is 0.314. The van der Waals surface area contributed by atoms with Gasteiger partial charge in [0.05, 0.1) is 18.2 Å². The molecule has 1 aliphatic heterocycles. The third-order valence-electron chi connectivity index (χ3n) is 5.61. The predicted molar refractivity (Wildman–Crippen MR) is 111 cm³/mol.